The van der Waals surface area contributed by atoms with Crippen molar-refractivity contribution >= 4 is 28.8 Å². The minimum atomic E-state index is -0.429. The highest BCUT2D eigenvalue weighted by molar-refractivity contribution is 7.80. The molecule has 1 amide bonds. The first-order valence-corrected chi connectivity index (χ1v) is 8.22. The fourth-order valence-electron chi connectivity index (χ4n) is 3.25. The van der Waals surface area contributed by atoms with Crippen molar-refractivity contribution in [1.29, 1.82) is 0 Å². The van der Waals surface area contributed by atoms with Crippen molar-refractivity contribution in [3.63, 3.8) is 0 Å². The average Bonchev–Trinajstić information content (AvgIpc) is 2.86. The first-order chi connectivity index (χ1) is 11.2. The molecule has 2 aromatic rings. The molecule has 0 spiro atoms. The van der Waals surface area contributed by atoms with Crippen LogP contribution in [0.3, 0.4) is 0 Å². The molecular formula is C19H20N2OS. The van der Waals surface area contributed by atoms with E-state index in [0.717, 1.165) is 29.1 Å². The highest BCUT2D eigenvalue weighted by Gasteiger charge is 2.44. The molecule has 1 atom stereocenters. The van der Waals surface area contributed by atoms with Crippen LogP contribution < -0.4 is 10.6 Å². The van der Waals surface area contributed by atoms with Gasteiger partial charge >= 0.3 is 0 Å². The number of aryl methyl sites for hydroxylation is 1. The standard InChI is InChI=1S/C19H20N2OS/c1-20-17(22)13-19(12-11-14-7-3-2-4-8-14)15-9-5-6-10-16(15)21-18(19)23/h2-10H,11-13H2,1H3,(H,20,22)(H,21,23). The van der Waals surface area contributed by atoms with Gasteiger partial charge in [-0.2, -0.15) is 0 Å². The molecule has 0 saturated heterocycles. The minimum absolute atomic E-state index is 0.0129. The zero-order valence-corrected chi connectivity index (χ0v) is 14.0. The highest BCUT2D eigenvalue weighted by Crippen LogP contribution is 2.44. The molecule has 0 aliphatic carbocycles. The summed E-state index contributed by atoms with van der Waals surface area (Å²) in [6.45, 7) is 0. The molecule has 0 fully saturated rings. The van der Waals surface area contributed by atoms with Gasteiger partial charge in [0.05, 0.1) is 10.4 Å². The van der Waals surface area contributed by atoms with Gasteiger partial charge in [0.1, 0.15) is 0 Å². The maximum absolute atomic E-state index is 12.1. The van der Waals surface area contributed by atoms with Crippen LogP contribution in [0.15, 0.2) is 54.6 Å². The third-order valence-electron chi connectivity index (χ3n) is 4.55. The minimum Gasteiger partial charge on any atom is -0.359 e. The Balaban J connectivity index is 1.95. The summed E-state index contributed by atoms with van der Waals surface area (Å²) in [7, 11) is 1.67. The lowest BCUT2D eigenvalue weighted by molar-refractivity contribution is -0.121. The Morgan fingerprint density at radius 2 is 1.83 bits per heavy atom. The second-order valence-corrected chi connectivity index (χ2v) is 6.33. The molecule has 2 aromatic carbocycles. The Bertz CT molecular complexity index is 729. The van der Waals surface area contributed by atoms with Crippen LogP contribution in [0.25, 0.3) is 0 Å². The molecule has 118 valence electrons. The van der Waals surface area contributed by atoms with Crippen molar-refractivity contribution < 1.29 is 4.79 Å². The molecule has 1 unspecified atom stereocenters. The summed E-state index contributed by atoms with van der Waals surface area (Å²) in [5.41, 5.74) is 2.98. The third kappa shape index (κ3) is 2.99. The number of benzene rings is 2. The van der Waals surface area contributed by atoms with Crippen LogP contribution in [-0.2, 0) is 16.6 Å². The van der Waals surface area contributed by atoms with Gasteiger partial charge in [0.2, 0.25) is 5.91 Å². The predicted octanol–water partition coefficient (Wildman–Crippen LogP) is 3.45. The lowest BCUT2D eigenvalue weighted by Gasteiger charge is -2.29. The number of hydrogen-bond acceptors (Lipinski definition) is 2. The second-order valence-electron chi connectivity index (χ2n) is 5.92. The largest absolute Gasteiger partial charge is 0.359 e. The first-order valence-electron chi connectivity index (χ1n) is 7.81. The Morgan fingerprint density at radius 3 is 2.57 bits per heavy atom. The van der Waals surface area contributed by atoms with Gasteiger partial charge in [0, 0.05) is 19.2 Å². The molecule has 1 heterocycles. The number of rotatable bonds is 5. The number of hydrogen-bond donors (Lipinski definition) is 2. The number of carbonyl (C=O) groups excluding carboxylic acids is 1. The number of nitrogens with one attached hydrogen (secondary N) is 2. The van der Waals surface area contributed by atoms with E-state index in [-0.39, 0.29) is 5.91 Å². The number of anilines is 1. The van der Waals surface area contributed by atoms with Gasteiger partial charge < -0.3 is 10.6 Å². The van der Waals surface area contributed by atoms with Crippen molar-refractivity contribution in [2.24, 2.45) is 0 Å². The van der Waals surface area contributed by atoms with Crippen LogP contribution in [0.4, 0.5) is 5.69 Å². The van der Waals surface area contributed by atoms with Crippen LogP contribution in [-0.4, -0.2) is 17.9 Å². The number of amides is 1. The molecule has 0 radical (unpaired) electrons. The van der Waals surface area contributed by atoms with Gasteiger partial charge in [-0.15, -0.1) is 0 Å². The van der Waals surface area contributed by atoms with Crippen LogP contribution in [0.2, 0.25) is 0 Å². The van der Waals surface area contributed by atoms with E-state index in [0.29, 0.717) is 6.42 Å². The van der Waals surface area contributed by atoms with Crippen LogP contribution in [0, 0.1) is 0 Å². The SMILES string of the molecule is CNC(=O)CC1(CCc2ccccc2)C(=S)Nc2ccccc21. The summed E-state index contributed by atoms with van der Waals surface area (Å²) in [5.74, 6) is 0.0129. The van der Waals surface area contributed by atoms with E-state index in [1.165, 1.54) is 5.56 Å². The molecule has 0 saturated carbocycles. The zero-order valence-electron chi connectivity index (χ0n) is 13.1. The van der Waals surface area contributed by atoms with Crippen molar-refractivity contribution in [3.8, 4) is 0 Å². The van der Waals surface area contributed by atoms with E-state index in [1.54, 1.807) is 7.05 Å². The number of para-hydroxylation sites is 1. The van der Waals surface area contributed by atoms with Crippen LogP contribution in [0.5, 0.6) is 0 Å². The summed E-state index contributed by atoms with van der Waals surface area (Å²) in [4.78, 5) is 12.9. The Morgan fingerprint density at radius 1 is 1.13 bits per heavy atom. The first kappa shape index (κ1) is 15.7. The van der Waals surface area contributed by atoms with E-state index in [2.05, 4.69) is 28.8 Å². The molecular weight excluding hydrogens is 304 g/mol. The normalized spacial score (nSPS) is 19.1. The van der Waals surface area contributed by atoms with Gasteiger partial charge in [-0.25, -0.2) is 0 Å². The van der Waals surface area contributed by atoms with E-state index in [1.807, 2.05) is 36.4 Å². The number of thiocarbonyl (C=S) groups is 1. The molecule has 23 heavy (non-hydrogen) atoms. The average molecular weight is 324 g/mol. The Kier molecular flexibility index (Phi) is 4.44. The van der Waals surface area contributed by atoms with Crippen molar-refractivity contribution in [1.82, 2.24) is 5.32 Å². The molecule has 3 rings (SSSR count). The van der Waals surface area contributed by atoms with E-state index < -0.39 is 5.41 Å². The smallest absolute Gasteiger partial charge is 0.221 e. The van der Waals surface area contributed by atoms with E-state index in [4.69, 9.17) is 12.2 Å². The van der Waals surface area contributed by atoms with Gasteiger partial charge in [-0.3, -0.25) is 4.79 Å². The summed E-state index contributed by atoms with van der Waals surface area (Å²) >= 11 is 5.65. The van der Waals surface area contributed by atoms with Gasteiger partial charge in [0.15, 0.2) is 0 Å². The summed E-state index contributed by atoms with van der Waals surface area (Å²) < 4.78 is 0. The Hall–Kier alpha value is -2.20. The summed E-state index contributed by atoms with van der Waals surface area (Å²) in [6.07, 6.45) is 2.07. The van der Waals surface area contributed by atoms with E-state index in [9.17, 15) is 4.79 Å². The van der Waals surface area contributed by atoms with Crippen molar-refractivity contribution in [3.05, 3.63) is 65.7 Å². The van der Waals surface area contributed by atoms with E-state index >= 15 is 0 Å². The molecule has 3 nitrogen and oxygen atoms in total. The van der Waals surface area contributed by atoms with Crippen LogP contribution >= 0.6 is 12.2 Å². The lowest BCUT2D eigenvalue weighted by Crippen LogP contribution is -2.39. The number of carbonyl (C=O) groups is 1. The van der Waals surface area contributed by atoms with Crippen molar-refractivity contribution in [2.45, 2.75) is 24.7 Å². The van der Waals surface area contributed by atoms with Gasteiger partial charge in [-0.1, -0.05) is 60.7 Å². The number of fused-ring (bicyclic) bond motifs is 1. The van der Waals surface area contributed by atoms with Crippen LogP contribution in [0.1, 0.15) is 24.0 Å². The monoisotopic (exact) mass is 324 g/mol. The quantitative estimate of drug-likeness (QED) is 0.828. The van der Waals surface area contributed by atoms with Gasteiger partial charge in [0.25, 0.3) is 0 Å². The maximum atomic E-state index is 12.1. The molecule has 0 aromatic heterocycles. The molecule has 2 N–H and O–H groups in total. The molecule has 1 aliphatic heterocycles. The lowest BCUT2D eigenvalue weighted by atomic mass is 9.74. The third-order valence-corrected chi connectivity index (χ3v) is 5.04. The molecule has 0 bridgehead atoms. The fourth-order valence-corrected chi connectivity index (χ4v) is 3.64. The summed E-state index contributed by atoms with van der Waals surface area (Å²) in [5, 5.41) is 6.05. The molecule has 1 aliphatic rings. The maximum Gasteiger partial charge on any atom is 0.221 e. The highest BCUT2D eigenvalue weighted by atomic mass is 32.1. The zero-order chi connectivity index (χ0) is 16.3. The Labute approximate surface area is 142 Å². The second kappa shape index (κ2) is 6.50. The molecule has 4 heteroatoms. The predicted molar refractivity (Wildman–Crippen MR) is 97.8 cm³/mol. The van der Waals surface area contributed by atoms with Crippen molar-refractivity contribution in [2.75, 3.05) is 12.4 Å². The fraction of sp³-hybridized carbons (Fsp3) is 0.263. The summed E-state index contributed by atoms with van der Waals surface area (Å²) in [6, 6.07) is 18.4. The topological polar surface area (TPSA) is 41.1 Å². The van der Waals surface area contributed by atoms with Gasteiger partial charge in [-0.05, 0) is 30.0 Å².